The Bertz CT molecular complexity index is 849. The molecule has 0 aromatic heterocycles. The van der Waals surface area contributed by atoms with Crippen molar-refractivity contribution in [2.24, 2.45) is 0 Å². The van der Waals surface area contributed by atoms with Gasteiger partial charge in [0, 0.05) is 10.6 Å². The van der Waals surface area contributed by atoms with Crippen LogP contribution in [0.1, 0.15) is 11.1 Å². The Morgan fingerprint density at radius 1 is 1.12 bits per heavy atom. The maximum atomic E-state index is 13.8. The van der Waals surface area contributed by atoms with E-state index >= 15 is 0 Å². The van der Waals surface area contributed by atoms with Crippen molar-refractivity contribution in [1.29, 1.82) is 0 Å². The lowest BCUT2D eigenvalue weighted by Crippen LogP contribution is -2.28. The SMILES string of the molecule is O=C1S/C(=C/c2cccc(F)c2)C(=O)N1Cc1c(F)cccc1Cl. The molecule has 0 aliphatic carbocycles. The van der Waals surface area contributed by atoms with E-state index in [0.29, 0.717) is 5.56 Å². The van der Waals surface area contributed by atoms with E-state index in [0.717, 1.165) is 16.7 Å². The van der Waals surface area contributed by atoms with Gasteiger partial charge in [-0.25, -0.2) is 8.78 Å². The van der Waals surface area contributed by atoms with Gasteiger partial charge in [-0.2, -0.15) is 0 Å². The maximum Gasteiger partial charge on any atom is 0.293 e. The molecule has 0 bridgehead atoms. The number of imide groups is 1. The summed E-state index contributed by atoms with van der Waals surface area (Å²) in [6.45, 7) is -0.253. The molecule has 7 heteroatoms. The zero-order chi connectivity index (χ0) is 17.3. The van der Waals surface area contributed by atoms with E-state index < -0.39 is 22.8 Å². The van der Waals surface area contributed by atoms with Gasteiger partial charge in [0.1, 0.15) is 11.6 Å². The minimum Gasteiger partial charge on any atom is -0.268 e. The van der Waals surface area contributed by atoms with E-state index in [1.165, 1.54) is 42.5 Å². The van der Waals surface area contributed by atoms with Crippen molar-refractivity contribution in [3.63, 3.8) is 0 Å². The van der Waals surface area contributed by atoms with Crippen LogP contribution in [0, 0.1) is 11.6 Å². The Morgan fingerprint density at radius 3 is 2.58 bits per heavy atom. The number of carbonyl (C=O) groups excluding carboxylic acids is 2. The van der Waals surface area contributed by atoms with Gasteiger partial charge in [0.25, 0.3) is 11.1 Å². The van der Waals surface area contributed by atoms with E-state index in [-0.39, 0.29) is 22.0 Å². The van der Waals surface area contributed by atoms with Gasteiger partial charge in [-0.05, 0) is 47.7 Å². The lowest BCUT2D eigenvalue weighted by atomic mass is 10.2. The van der Waals surface area contributed by atoms with Gasteiger partial charge in [0.05, 0.1) is 11.4 Å². The minimum absolute atomic E-state index is 0.0773. The summed E-state index contributed by atoms with van der Waals surface area (Å²) in [6, 6.07) is 9.80. The molecule has 0 spiro atoms. The highest BCUT2D eigenvalue weighted by molar-refractivity contribution is 8.18. The van der Waals surface area contributed by atoms with E-state index in [1.54, 1.807) is 6.07 Å². The van der Waals surface area contributed by atoms with Gasteiger partial charge in [-0.3, -0.25) is 14.5 Å². The van der Waals surface area contributed by atoms with Gasteiger partial charge in [-0.1, -0.05) is 29.8 Å². The number of thioether (sulfide) groups is 1. The summed E-state index contributed by atoms with van der Waals surface area (Å²) in [7, 11) is 0. The highest BCUT2D eigenvalue weighted by Gasteiger charge is 2.35. The van der Waals surface area contributed by atoms with Crippen LogP contribution in [0.25, 0.3) is 6.08 Å². The fraction of sp³-hybridized carbons (Fsp3) is 0.0588. The lowest BCUT2D eigenvalue weighted by molar-refractivity contribution is -0.123. The van der Waals surface area contributed by atoms with Crippen LogP contribution in [-0.4, -0.2) is 16.0 Å². The van der Waals surface area contributed by atoms with E-state index in [1.807, 2.05) is 0 Å². The van der Waals surface area contributed by atoms with Crippen molar-refractivity contribution >= 4 is 40.6 Å². The van der Waals surface area contributed by atoms with Crippen LogP contribution in [0.4, 0.5) is 13.6 Å². The molecule has 0 unspecified atom stereocenters. The number of nitrogens with zero attached hydrogens (tertiary/aromatic N) is 1. The van der Waals surface area contributed by atoms with Gasteiger partial charge >= 0.3 is 0 Å². The molecular formula is C17H10ClF2NO2S. The van der Waals surface area contributed by atoms with Crippen molar-refractivity contribution in [2.75, 3.05) is 0 Å². The van der Waals surface area contributed by atoms with Crippen molar-refractivity contribution < 1.29 is 18.4 Å². The summed E-state index contributed by atoms with van der Waals surface area (Å²) in [5.74, 6) is -1.59. The lowest BCUT2D eigenvalue weighted by Gasteiger charge is -2.14. The Balaban J connectivity index is 1.87. The molecule has 0 radical (unpaired) electrons. The molecule has 1 heterocycles. The molecule has 1 saturated heterocycles. The van der Waals surface area contributed by atoms with E-state index in [4.69, 9.17) is 11.6 Å². The molecule has 0 N–H and O–H groups in total. The number of hydrogen-bond donors (Lipinski definition) is 0. The Kier molecular flexibility index (Phi) is 4.69. The van der Waals surface area contributed by atoms with Gasteiger partial charge in [0.2, 0.25) is 0 Å². The zero-order valence-corrected chi connectivity index (χ0v) is 13.7. The first-order valence-corrected chi connectivity index (χ1v) is 8.09. The quantitative estimate of drug-likeness (QED) is 0.729. The first-order valence-electron chi connectivity index (χ1n) is 6.89. The zero-order valence-electron chi connectivity index (χ0n) is 12.1. The predicted molar refractivity (Wildman–Crippen MR) is 89.3 cm³/mol. The number of halogens is 3. The minimum atomic E-state index is -0.587. The Morgan fingerprint density at radius 2 is 1.88 bits per heavy atom. The molecule has 2 aromatic carbocycles. The average molecular weight is 366 g/mol. The standard InChI is InChI=1S/C17H10ClF2NO2S/c18-13-5-2-6-14(20)12(13)9-21-16(22)15(24-17(21)23)8-10-3-1-4-11(19)7-10/h1-8H,9H2/b15-8+. The van der Waals surface area contributed by atoms with Crippen molar-refractivity contribution in [1.82, 2.24) is 4.90 Å². The maximum absolute atomic E-state index is 13.8. The molecule has 2 amide bonds. The number of amides is 2. The molecule has 0 saturated carbocycles. The summed E-state index contributed by atoms with van der Waals surface area (Å²) >= 11 is 6.66. The third kappa shape index (κ3) is 3.34. The number of hydrogen-bond acceptors (Lipinski definition) is 3. The molecule has 3 nitrogen and oxygen atoms in total. The van der Waals surface area contributed by atoms with Crippen LogP contribution in [-0.2, 0) is 11.3 Å². The van der Waals surface area contributed by atoms with E-state index in [9.17, 15) is 18.4 Å². The van der Waals surface area contributed by atoms with Crippen LogP contribution in [0.2, 0.25) is 5.02 Å². The topological polar surface area (TPSA) is 37.4 Å². The number of benzene rings is 2. The second-order valence-corrected chi connectivity index (χ2v) is 6.42. The summed E-state index contributed by atoms with van der Waals surface area (Å²) in [6.07, 6.45) is 1.43. The molecule has 24 heavy (non-hydrogen) atoms. The van der Waals surface area contributed by atoms with Gasteiger partial charge in [0.15, 0.2) is 0 Å². The van der Waals surface area contributed by atoms with Crippen LogP contribution in [0.5, 0.6) is 0 Å². The third-order valence-corrected chi connectivity index (χ3v) is 4.66. The summed E-state index contributed by atoms with van der Waals surface area (Å²) in [5.41, 5.74) is 0.540. The monoisotopic (exact) mass is 365 g/mol. The summed E-state index contributed by atoms with van der Waals surface area (Å²) in [5, 5.41) is -0.384. The summed E-state index contributed by atoms with van der Waals surface area (Å²) < 4.78 is 27.1. The molecular weight excluding hydrogens is 356 g/mol. The van der Waals surface area contributed by atoms with Crippen LogP contribution < -0.4 is 0 Å². The first-order chi connectivity index (χ1) is 11.5. The van der Waals surface area contributed by atoms with Crippen molar-refractivity contribution in [2.45, 2.75) is 6.54 Å². The molecule has 122 valence electrons. The van der Waals surface area contributed by atoms with Crippen molar-refractivity contribution in [3.05, 3.63) is 75.2 Å². The fourth-order valence-electron chi connectivity index (χ4n) is 2.23. The second-order valence-electron chi connectivity index (χ2n) is 5.02. The molecule has 1 aliphatic heterocycles. The smallest absolute Gasteiger partial charge is 0.268 e. The number of carbonyl (C=O) groups is 2. The van der Waals surface area contributed by atoms with Crippen molar-refractivity contribution in [3.8, 4) is 0 Å². The molecule has 1 aliphatic rings. The van der Waals surface area contributed by atoms with Gasteiger partial charge in [-0.15, -0.1) is 0 Å². The highest BCUT2D eigenvalue weighted by atomic mass is 35.5. The van der Waals surface area contributed by atoms with Crippen LogP contribution in [0.3, 0.4) is 0 Å². The van der Waals surface area contributed by atoms with Gasteiger partial charge < -0.3 is 0 Å². The molecule has 2 aromatic rings. The largest absolute Gasteiger partial charge is 0.293 e. The average Bonchev–Trinajstić information content (AvgIpc) is 2.78. The Labute approximate surface area is 145 Å². The molecule has 1 fully saturated rings. The molecule has 0 atom stereocenters. The first kappa shape index (κ1) is 16.7. The van der Waals surface area contributed by atoms with E-state index in [2.05, 4.69) is 0 Å². The van der Waals surface area contributed by atoms with Crippen LogP contribution >= 0.6 is 23.4 Å². The fourth-order valence-corrected chi connectivity index (χ4v) is 3.29. The highest BCUT2D eigenvalue weighted by Crippen LogP contribution is 2.34. The Hall–Kier alpha value is -2.18. The third-order valence-electron chi connectivity index (χ3n) is 3.40. The van der Waals surface area contributed by atoms with Crippen LogP contribution in [0.15, 0.2) is 47.4 Å². The number of rotatable bonds is 3. The second kappa shape index (κ2) is 6.75. The molecule has 3 rings (SSSR count). The normalized spacial score (nSPS) is 16.3. The predicted octanol–water partition coefficient (Wildman–Crippen LogP) is 4.85. The summed E-state index contributed by atoms with van der Waals surface area (Å²) in [4.78, 5) is 25.5.